The van der Waals surface area contributed by atoms with Crippen molar-refractivity contribution in [1.82, 2.24) is 0 Å². The number of hydrogen-bond acceptors (Lipinski definition) is 2. The number of aliphatic hydroxyl groups is 1. The van der Waals surface area contributed by atoms with E-state index in [9.17, 15) is 9.50 Å². The molecule has 92 valence electrons. The number of terminal acetylenes is 1. The summed E-state index contributed by atoms with van der Waals surface area (Å²) in [6, 6.07) is 4.78. The van der Waals surface area contributed by atoms with Crippen LogP contribution in [0.3, 0.4) is 0 Å². The number of aliphatic hydroxyl groups excluding tert-OH is 1. The molecule has 0 aliphatic rings. The van der Waals surface area contributed by atoms with Gasteiger partial charge in [0.25, 0.3) is 0 Å². The summed E-state index contributed by atoms with van der Waals surface area (Å²) in [6.07, 6.45) is 5.38. The molecule has 0 amide bonds. The summed E-state index contributed by atoms with van der Waals surface area (Å²) in [5, 5.41) is 9.65. The Balaban J connectivity index is 3.18. The van der Waals surface area contributed by atoms with E-state index < -0.39 is 11.9 Å². The topological polar surface area (TPSA) is 23.5 Å². The van der Waals surface area contributed by atoms with Crippen molar-refractivity contribution in [2.75, 3.05) is 18.0 Å². The molecule has 0 unspecified atom stereocenters. The molecular formula is C14H18FNO. The lowest BCUT2D eigenvalue weighted by Gasteiger charge is -2.25. The summed E-state index contributed by atoms with van der Waals surface area (Å²) in [6.45, 7) is 4.75. The second-order valence-electron chi connectivity index (χ2n) is 3.97. The number of anilines is 1. The van der Waals surface area contributed by atoms with Crippen molar-refractivity contribution in [3.05, 3.63) is 29.6 Å². The average molecular weight is 235 g/mol. The van der Waals surface area contributed by atoms with Crippen LogP contribution in [0.1, 0.15) is 31.9 Å². The molecular weight excluding hydrogens is 217 g/mol. The molecule has 17 heavy (non-hydrogen) atoms. The normalized spacial score (nSPS) is 11.9. The molecule has 1 rings (SSSR count). The van der Waals surface area contributed by atoms with Crippen molar-refractivity contribution in [2.45, 2.75) is 26.4 Å². The first-order valence-electron chi connectivity index (χ1n) is 5.76. The first-order chi connectivity index (χ1) is 8.11. The highest BCUT2D eigenvalue weighted by molar-refractivity contribution is 5.55. The van der Waals surface area contributed by atoms with E-state index in [2.05, 4.69) is 5.92 Å². The van der Waals surface area contributed by atoms with Crippen LogP contribution in [0.2, 0.25) is 0 Å². The van der Waals surface area contributed by atoms with Crippen molar-refractivity contribution in [2.24, 2.45) is 0 Å². The van der Waals surface area contributed by atoms with Gasteiger partial charge >= 0.3 is 0 Å². The maximum atomic E-state index is 13.7. The van der Waals surface area contributed by atoms with Gasteiger partial charge in [0.2, 0.25) is 0 Å². The van der Waals surface area contributed by atoms with Crippen molar-refractivity contribution >= 4 is 5.69 Å². The quantitative estimate of drug-likeness (QED) is 0.793. The monoisotopic (exact) mass is 235 g/mol. The average Bonchev–Trinajstić information content (AvgIpc) is 2.28. The molecule has 0 spiro atoms. The minimum absolute atomic E-state index is 0.316. The minimum Gasteiger partial charge on any atom is -0.389 e. The standard InChI is InChI=1S/C14H18FNO/c1-4-9-16(10-5-2)13-8-6-7-12(15)14(13)11(3)17/h1,6-8,11,17H,5,9-10H2,2-3H3/t11-/m0/s1. The Labute approximate surface area is 102 Å². The van der Waals surface area contributed by atoms with Gasteiger partial charge in [-0.1, -0.05) is 18.9 Å². The zero-order chi connectivity index (χ0) is 12.8. The van der Waals surface area contributed by atoms with E-state index in [1.54, 1.807) is 19.1 Å². The molecule has 0 radical (unpaired) electrons. The third-order valence-electron chi connectivity index (χ3n) is 2.56. The van der Waals surface area contributed by atoms with E-state index in [-0.39, 0.29) is 0 Å². The molecule has 0 bridgehead atoms. The van der Waals surface area contributed by atoms with Crippen molar-refractivity contribution in [3.63, 3.8) is 0 Å². The summed E-state index contributed by atoms with van der Waals surface area (Å²) in [4.78, 5) is 1.91. The SMILES string of the molecule is C#CCN(CCC)c1cccc(F)c1[C@H](C)O. The fourth-order valence-corrected chi connectivity index (χ4v) is 1.88. The zero-order valence-corrected chi connectivity index (χ0v) is 10.3. The first kappa shape index (κ1) is 13.5. The van der Waals surface area contributed by atoms with Crippen LogP contribution >= 0.6 is 0 Å². The molecule has 3 heteroatoms. The number of rotatable bonds is 5. The van der Waals surface area contributed by atoms with Crippen LogP contribution in [0, 0.1) is 18.2 Å². The van der Waals surface area contributed by atoms with Gasteiger partial charge in [-0.05, 0) is 25.5 Å². The summed E-state index contributed by atoms with van der Waals surface area (Å²) in [5.41, 5.74) is 0.996. The number of benzene rings is 1. The van der Waals surface area contributed by atoms with Gasteiger partial charge in [-0.25, -0.2) is 4.39 Å². The fraction of sp³-hybridized carbons (Fsp3) is 0.429. The zero-order valence-electron chi connectivity index (χ0n) is 10.3. The molecule has 1 aromatic rings. The third-order valence-corrected chi connectivity index (χ3v) is 2.56. The lowest BCUT2D eigenvalue weighted by molar-refractivity contribution is 0.194. The molecule has 1 aromatic carbocycles. The Morgan fingerprint density at radius 2 is 2.24 bits per heavy atom. The van der Waals surface area contributed by atoms with Crippen LogP contribution in [0.15, 0.2) is 18.2 Å². The number of halogens is 1. The smallest absolute Gasteiger partial charge is 0.131 e. The van der Waals surface area contributed by atoms with E-state index in [4.69, 9.17) is 6.42 Å². The highest BCUT2D eigenvalue weighted by Crippen LogP contribution is 2.28. The molecule has 0 aliphatic carbocycles. The summed E-state index contributed by atoms with van der Waals surface area (Å²) in [5.74, 6) is 2.17. The highest BCUT2D eigenvalue weighted by atomic mass is 19.1. The van der Waals surface area contributed by atoms with Crippen LogP contribution in [0.4, 0.5) is 10.1 Å². The lowest BCUT2D eigenvalue weighted by Crippen LogP contribution is -2.26. The number of nitrogens with zero attached hydrogens (tertiary/aromatic N) is 1. The second kappa shape index (κ2) is 6.27. The maximum Gasteiger partial charge on any atom is 0.131 e. The van der Waals surface area contributed by atoms with Gasteiger partial charge in [0.15, 0.2) is 0 Å². The van der Waals surface area contributed by atoms with Crippen LogP contribution in [0.25, 0.3) is 0 Å². The summed E-state index contributed by atoms with van der Waals surface area (Å²) >= 11 is 0. The van der Waals surface area contributed by atoms with Gasteiger partial charge in [0.05, 0.1) is 12.6 Å². The molecule has 0 fully saturated rings. The van der Waals surface area contributed by atoms with Crippen LogP contribution in [-0.2, 0) is 0 Å². The predicted molar refractivity (Wildman–Crippen MR) is 68.4 cm³/mol. The van der Waals surface area contributed by atoms with Crippen LogP contribution in [-0.4, -0.2) is 18.2 Å². The van der Waals surface area contributed by atoms with E-state index in [1.807, 2.05) is 11.8 Å². The Morgan fingerprint density at radius 1 is 1.53 bits per heavy atom. The Bertz CT molecular complexity index is 409. The largest absolute Gasteiger partial charge is 0.389 e. The maximum absolute atomic E-state index is 13.7. The molecule has 0 heterocycles. The Kier molecular flexibility index (Phi) is 4.99. The molecule has 2 nitrogen and oxygen atoms in total. The molecule has 1 N–H and O–H groups in total. The molecule has 0 saturated carbocycles. The van der Waals surface area contributed by atoms with E-state index >= 15 is 0 Å². The van der Waals surface area contributed by atoms with Crippen molar-refractivity contribution in [1.29, 1.82) is 0 Å². The van der Waals surface area contributed by atoms with E-state index in [0.717, 1.165) is 13.0 Å². The second-order valence-corrected chi connectivity index (χ2v) is 3.97. The van der Waals surface area contributed by atoms with Crippen LogP contribution in [0.5, 0.6) is 0 Å². The van der Waals surface area contributed by atoms with Gasteiger partial charge in [0.1, 0.15) is 5.82 Å². The predicted octanol–water partition coefficient (Wildman–Crippen LogP) is 2.73. The van der Waals surface area contributed by atoms with Gasteiger partial charge < -0.3 is 10.0 Å². The molecule has 1 atom stereocenters. The summed E-state index contributed by atoms with van der Waals surface area (Å²) in [7, 11) is 0. The van der Waals surface area contributed by atoms with Gasteiger partial charge in [-0.2, -0.15) is 0 Å². The van der Waals surface area contributed by atoms with E-state index in [1.165, 1.54) is 6.07 Å². The van der Waals surface area contributed by atoms with Gasteiger partial charge in [-0.3, -0.25) is 0 Å². The molecule has 0 saturated heterocycles. The Hall–Kier alpha value is -1.53. The van der Waals surface area contributed by atoms with Crippen molar-refractivity contribution < 1.29 is 9.50 Å². The molecule has 0 aliphatic heterocycles. The first-order valence-corrected chi connectivity index (χ1v) is 5.76. The Morgan fingerprint density at radius 3 is 2.76 bits per heavy atom. The van der Waals surface area contributed by atoms with Gasteiger partial charge in [-0.15, -0.1) is 6.42 Å². The number of hydrogen-bond donors (Lipinski definition) is 1. The van der Waals surface area contributed by atoms with E-state index in [0.29, 0.717) is 17.8 Å². The van der Waals surface area contributed by atoms with Gasteiger partial charge in [0, 0.05) is 17.8 Å². The summed E-state index contributed by atoms with van der Waals surface area (Å²) < 4.78 is 13.7. The third kappa shape index (κ3) is 3.21. The highest BCUT2D eigenvalue weighted by Gasteiger charge is 2.17. The molecule has 0 aromatic heterocycles. The van der Waals surface area contributed by atoms with Crippen LogP contribution < -0.4 is 4.90 Å². The minimum atomic E-state index is -0.844. The van der Waals surface area contributed by atoms with Crippen molar-refractivity contribution in [3.8, 4) is 12.3 Å². The fourth-order valence-electron chi connectivity index (χ4n) is 1.88. The lowest BCUT2D eigenvalue weighted by atomic mass is 10.1.